The van der Waals surface area contributed by atoms with Gasteiger partial charge >= 0.3 is 6.18 Å². The van der Waals surface area contributed by atoms with Crippen molar-refractivity contribution in [3.63, 3.8) is 0 Å². The number of aliphatic hydroxyl groups is 1. The van der Waals surface area contributed by atoms with Gasteiger partial charge in [0.25, 0.3) is 5.56 Å². The average Bonchev–Trinajstić information content (AvgIpc) is 3.07. The summed E-state index contributed by atoms with van der Waals surface area (Å²) in [7, 11) is 0. The van der Waals surface area contributed by atoms with Gasteiger partial charge in [-0.1, -0.05) is 0 Å². The third-order valence-electron chi connectivity index (χ3n) is 3.70. The summed E-state index contributed by atoms with van der Waals surface area (Å²) in [5, 5.41) is 16.3. The van der Waals surface area contributed by atoms with E-state index in [2.05, 4.69) is 20.4 Å². The van der Waals surface area contributed by atoms with Gasteiger partial charge in [0.05, 0.1) is 11.9 Å². The number of aromatic amines is 1. The summed E-state index contributed by atoms with van der Waals surface area (Å²) in [6, 6.07) is 1.71. The number of halogens is 3. The minimum Gasteiger partial charge on any atom is -0.376 e. The van der Waals surface area contributed by atoms with E-state index in [1.54, 1.807) is 6.07 Å². The van der Waals surface area contributed by atoms with Crippen LogP contribution in [0.2, 0.25) is 0 Å². The molecule has 27 heavy (non-hydrogen) atoms. The smallest absolute Gasteiger partial charge is 0.376 e. The maximum absolute atomic E-state index is 13.3. The Morgan fingerprint density at radius 3 is 2.70 bits per heavy atom. The molecule has 3 rings (SSSR count). The number of hydrogen-bond acceptors (Lipinski definition) is 6. The lowest BCUT2D eigenvalue weighted by Crippen LogP contribution is -2.38. The number of nitrogens with one attached hydrogen (secondary N) is 2. The van der Waals surface area contributed by atoms with Crippen LogP contribution in [0.25, 0.3) is 10.2 Å². The zero-order valence-electron chi connectivity index (χ0n) is 14.8. The van der Waals surface area contributed by atoms with Crippen LogP contribution in [0.1, 0.15) is 35.8 Å². The van der Waals surface area contributed by atoms with E-state index in [1.165, 1.54) is 31.4 Å². The second-order valence-corrected chi connectivity index (χ2v) is 7.93. The molecule has 0 aromatic carbocycles. The molecular weight excluding hydrogens is 383 g/mol. The molecule has 0 saturated carbocycles. The number of thiophene rings is 1. The lowest BCUT2D eigenvalue weighted by atomic mass is 10.2. The van der Waals surface area contributed by atoms with Gasteiger partial charge in [-0.2, -0.15) is 18.3 Å². The molecule has 3 aromatic heterocycles. The number of fused-ring (bicyclic) bond motifs is 1. The number of hydrogen-bond donors (Lipinski definition) is 3. The van der Waals surface area contributed by atoms with E-state index >= 15 is 0 Å². The van der Waals surface area contributed by atoms with Crippen LogP contribution in [0.4, 0.5) is 13.2 Å². The minimum atomic E-state index is -4.64. The van der Waals surface area contributed by atoms with Gasteiger partial charge in [0, 0.05) is 23.2 Å². The van der Waals surface area contributed by atoms with E-state index in [9.17, 15) is 23.1 Å². The predicted molar refractivity (Wildman–Crippen MR) is 94.4 cm³/mol. The van der Waals surface area contributed by atoms with Crippen molar-refractivity contribution < 1.29 is 18.3 Å². The third-order valence-corrected chi connectivity index (χ3v) is 4.65. The predicted octanol–water partition coefficient (Wildman–Crippen LogP) is 2.37. The van der Waals surface area contributed by atoms with Crippen molar-refractivity contribution in [3.05, 3.63) is 44.6 Å². The van der Waals surface area contributed by atoms with Crippen LogP contribution in [0.3, 0.4) is 0 Å². The summed E-state index contributed by atoms with van der Waals surface area (Å²) in [4.78, 5) is 20.4. The fourth-order valence-electron chi connectivity index (χ4n) is 2.55. The molecule has 0 spiro atoms. The van der Waals surface area contributed by atoms with Gasteiger partial charge in [0.1, 0.15) is 16.4 Å². The summed E-state index contributed by atoms with van der Waals surface area (Å²) >= 11 is 1.34. The highest BCUT2D eigenvalue weighted by Crippen LogP contribution is 2.31. The van der Waals surface area contributed by atoms with Crippen LogP contribution in [-0.2, 0) is 19.3 Å². The first kappa shape index (κ1) is 19.5. The van der Waals surface area contributed by atoms with Gasteiger partial charge in [-0.3, -0.25) is 14.8 Å². The Kier molecular flexibility index (Phi) is 4.87. The molecule has 0 saturated heterocycles. The molecule has 0 aliphatic carbocycles. The molecule has 0 radical (unpaired) electrons. The number of rotatable bonds is 5. The molecule has 11 heteroatoms. The van der Waals surface area contributed by atoms with Gasteiger partial charge in [-0.15, -0.1) is 11.3 Å². The molecule has 0 aliphatic rings. The Labute approximate surface area is 155 Å². The Morgan fingerprint density at radius 2 is 2.07 bits per heavy atom. The average molecular weight is 401 g/mol. The van der Waals surface area contributed by atoms with Crippen LogP contribution in [-0.4, -0.2) is 30.6 Å². The quantitative estimate of drug-likeness (QED) is 0.571. The highest BCUT2D eigenvalue weighted by atomic mass is 32.1. The van der Waals surface area contributed by atoms with E-state index in [0.717, 1.165) is 9.56 Å². The standard InChI is InChI=1S/C16H18F3N5O2S/c1-8-4-10-13(25)21-11(22-14(10)27-8)7-24-6-9(5-20-15(2,3)26)12(23-24)16(17,18)19/h4,6,20,26H,5,7H2,1-3H3,(H,21,22,25). The van der Waals surface area contributed by atoms with Crippen molar-refractivity contribution in [1.82, 2.24) is 25.1 Å². The number of alkyl halides is 3. The molecule has 0 unspecified atom stereocenters. The highest BCUT2D eigenvalue weighted by Gasteiger charge is 2.37. The maximum Gasteiger partial charge on any atom is 0.435 e. The van der Waals surface area contributed by atoms with Crippen molar-refractivity contribution >= 4 is 21.6 Å². The summed E-state index contributed by atoms with van der Waals surface area (Å²) < 4.78 is 40.9. The first-order valence-corrected chi connectivity index (χ1v) is 8.84. The summed E-state index contributed by atoms with van der Waals surface area (Å²) in [5.41, 5.74) is -2.83. The van der Waals surface area contributed by atoms with Crippen molar-refractivity contribution in [2.24, 2.45) is 0 Å². The summed E-state index contributed by atoms with van der Waals surface area (Å²) in [6.07, 6.45) is -3.41. The number of nitrogens with zero attached hydrogens (tertiary/aromatic N) is 3. The highest BCUT2D eigenvalue weighted by molar-refractivity contribution is 7.18. The van der Waals surface area contributed by atoms with E-state index in [4.69, 9.17) is 0 Å². The Balaban J connectivity index is 1.93. The van der Waals surface area contributed by atoms with Gasteiger partial charge in [0.2, 0.25) is 0 Å². The Bertz CT molecular complexity index is 1030. The van der Waals surface area contributed by atoms with Crippen molar-refractivity contribution in [2.75, 3.05) is 0 Å². The van der Waals surface area contributed by atoms with Crippen LogP contribution in [0.15, 0.2) is 17.1 Å². The molecule has 3 heterocycles. The normalized spacial score (nSPS) is 12.9. The molecule has 0 fully saturated rings. The first-order valence-electron chi connectivity index (χ1n) is 8.02. The van der Waals surface area contributed by atoms with Crippen LogP contribution >= 0.6 is 11.3 Å². The van der Waals surface area contributed by atoms with Crippen LogP contribution < -0.4 is 10.9 Å². The molecule has 0 amide bonds. The SMILES string of the molecule is Cc1cc2c(=O)[nH]c(Cn3cc(CNC(C)(C)O)c(C(F)(F)F)n3)nc2s1. The second-order valence-electron chi connectivity index (χ2n) is 6.70. The molecular formula is C16H18F3N5O2S. The lowest BCUT2D eigenvalue weighted by molar-refractivity contribution is -0.142. The molecule has 3 N–H and O–H groups in total. The van der Waals surface area contributed by atoms with Gasteiger partial charge in [0.15, 0.2) is 5.69 Å². The molecule has 3 aromatic rings. The summed E-state index contributed by atoms with van der Waals surface area (Å²) in [6.45, 7) is 4.37. The molecule has 7 nitrogen and oxygen atoms in total. The number of aryl methyl sites for hydroxylation is 1. The van der Waals surface area contributed by atoms with Gasteiger partial charge in [-0.05, 0) is 26.8 Å². The van der Waals surface area contributed by atoms with Crippen molar-refractivity contribution in [2.45, 2.75) is 45.8 Å². The zero-order chi connectivity index (χ0) is 20.0. The monoisotopic (exact) mass is 401 g/mol. The number of aromatic nitrogens is 4. The van der Waals surface area contributed by atoms with Gasteiger partial charge < -0.3 is 10.1 Å². The second kappa shape index (κ2) is 6.73. The number of H-pyrrole nitrogens is 1. The minimum absolute atomic E-state index is 0.111. The fourth-order valence-corrected chi connectivity index (χ4v) is 3.45. The third kappa shape index (κ3) is 4.54. The largest absolute Gasteiger partial charge is 0.435 e. The lowest BCUT2D eigenvalue weighted by Gasteiger charge is -2.19. The fraction of sp³-hybridized carbons (Fsp3) is 0.438. The molecule has 0 bridgehead atoms. The Hall–Kier alpha value is -2.24. The van der Waals surface area contributed by atoms with Crippen molar-refractivity contribution in [1.29, 1.82) is 0 Å². The van der Waals surface area contributed by atoms with E-state index in [0.29, 0.717) is 10.2 Å². The summed E-state index contributed by atoms with van der Waals surface area (Å²) in [5.74, 6) is 0.215. The van der Waals surface area contributed by atoms with Gasteiger partial charge in [-0.25, -0.2) is 4.98 Å². The Morgan fingerprint density at radius 1 is 1.37 bits per heavy atom. The first-order chi connectivity index (χ1) is 12.4. The van der Waals surface area contributed by atoms with Crippen molar-refractivity contribution in [3.8, 4) is 0 Å². The molecule has 146 valence electrons. The van der Waals surface area contributed by atoms with E-state index in [-0.39, 0.29) is 30.0 Å². The molecule has 0 atom stereocenters. The maximum atomic E-state index is 13.3. The molecule has 0 aliphatic heterocycles. The van der Waals surface area contributed by atoms with E-state index < -0.39 is 17.6 Å². The van der Waals surface area contributed by atoms with Crippen LogP contribution in [0.5, 0.6) is 0 Å². The van der Waals surface area contributed by atoms with E-state index in [1.807, 2.05) is 6.92 Å². The zero-order valence-corrected chi connectivity index (χ0v) is 15.6. The van der Waals surface area contributed by atoms with Crippen LogP contribution in [0, 0.1) is 6.92 Å². The topological polar surface area (TPSA) is 95.8 Å².